The van der Waals surface area contributed by atoms with Gasteiger partial charge in [-0.2, -0.15) is 5.10 Å². The van der Waals surface area contributed by atoms with Gasteiger partial charge in [-0.15, -0.1) is 0 Å². The van der Waals surface area contributed by atoms with E-state index in [9.17, 15) is 4.79 Å². The predicted molar refractivity (Wildman–Crippen MR) is 88.0 cm³/mol. The molecule has 1 aliphatic carbocycles. The van der Waals surface area contributed by atoms with Crippen molar-refractivity contribution in [1.82, 2.24) is 20.0 Å². The number of nitrogens with two attached hydrogens (primary N) is 1. The van der Waals surface area contributed by atoms with E-state index in [-0.39, 0.29) is 5.91 Å². The van der Waals surface area contributed by atoms with Crippen LogP contribution in [0.4, 0.5) is 5.82 Å². The number of aromatic amines is 1. The molecule has 124 valence electrons. The molecule has 4 N–H and O–H groups in total. The van der Waals surface area contributed by atoms with Crippen LogP contribution in [0.5, 0.6) is 0 Å². The van der Waals surface area contributed by atoms with E-state index >= 15 is 0 Å². The van der Waals surface area contributed by atoms with Crippen molar-refractivity contribution in [2.75, 3.05) is 26.2 Å². The van der Waals surface area contributed by atoms with Crippen molar-refractivity contribution in [3.05, 3.63) is 11.8 Å². The monoisotopic (exact) mass is 317 g/mol. The first kappa shape index (κ1) is 15.5. The maximum Gasteiger partial charge on any atom is 0.219 e. The second kappa shape index (κ2) is 6.39. The van der Waals surface area contributed by atoms with Gasteiger partial charge in [0.2, 0.25) is 5.91 Å². The summed E-state index contributed by atoms with van der Waals surface area (Å²) in [5, 5.41) is 15.3. The van der Waals surface area contributed by atoms with Gasteiger partial charge in [-0.05, 0) is 12.8 Å². The SMILES string of the molecule is CC(=O)N1CCN(C(=N)CC(N)=Nc2cc(C3CC3)[nH]n2)CC1. The summed E-state index contributed by atoms with van der Waals surface area (Å²) in [6, 6.07) is 1.93. The van der Waals surface area contributed by atoms with Crippen molar-refractivity contribution in [2.45, 2.75) is 32.1 Å². The number of aliphatic imine (C=N–C) groups is 1. The number of nitrogens with zero attached hydrogens (tertiary/aromatic N) is 4. The van der Waals surface area contributed by atoms with E-state index in [1.165, 1.54) is 12.8 Å². The largest absolute Gasteiger partial charge is 0.387 e. The zero-order valence-electron chi connectivity index (χ0n) is 13.4. The zero-order chi connectivity index (χ0) is 16.4. The van der Waals surface area contributed by atoms with Crippen LogP contribution in [0, 0.1) is 5.41 Å². The number of rotatable bonds is 4. The number of H-pyrrole nitrogens is 1. The van der Waals surface area contributed by atoms with E-state index in [2.05, 4.69) is 15.2 Å². The van der Waals surface area contributed by atoms with Gasteiger partial charge in [-0.25, -0.2) is 4.99 Å². The lowest BCUT2D eigenvalue weighted by Crippen LogP contribution is -2.50. The number of amidine groups is 2. The third-order valence-electron chi connectivity index (χ3n) is 4.31. The van der Waals surface area contributed by atoms with E-state index in [1.54, 1.807) is 11.8 Å². The second-order valence-electron chi connectivity index (χ2n) is 6.18. The minimum absolute atomic E-state index is 0.0854. The van der Waals surface area contributed by atoms with Crippen LogP contribution in [-0.4, -0.2) is 63.8 Å². The molecule has 0 atom stereocenters. The van der Waals surface area contributed by atoms with E-state index < -0.39 is 0 Å². The molecule has 0 aromatic carbocycles. The predicted octanol–water partition coefficient (Wildman–Crippen LogP) is 0.807. The molecule has 3 rings (SSSR count). The number of nitrogens with one attached hydrogen (secondary N) is 2. The lowest BCUT2D eigenvalue weighted by Gasteiger charge is -2.35. The summed E-state index contributed by atoms with van der Waals surface area (Å²) in [7, 11) is 0. The Morgan fingerprint density at radius 1 is 1.39 bits per heavy atom. The van der Waals surface area contributed by atoms with Crippen LogP contribution in [-0.2, 0) is 4.79 Å². The topological polar surface area (TPSA) is 114 Å². The molecule has 0 bridgehead atoms. The fourth-order valence-electron chi connectivity index (χ4n) is 2.75. The van der Waals surface area contributed by atoms with Gasteiger partial charge in [-0.3, -0.25) is 15.3 Å². The van der Waals surface area contributed by atoms with E-state index in [1.807, 2.05) is 11.0 Å². The summed E-state index contributed by atoms with van der Waals surface area (Å²) in [5.41, 5.74) is 7.07. The molecule has 2 fully saturated rings. The molecular weight excluding hydrogens is 294 g/mol. The summed E-state index contributed by atoms with van der Waals surface area (Å²) >= 11 is 0. The Bertz CT molecular complexity index is 624. The molecule has 0 radical (unpaired) electrons. The highest BCUT2D eigenvalue weighted by molar-refractivity contribution is 6.01. The maximum absolute atomic E-state index is 11.3. The third kappa shape index (κ3) is 3.88. The van der Waals surface area contributed by atoms with Crippen LogP contribution >= 0.6 is 0 Å². The fraction of sp³-hybridized carbons (Fsp3) is 0.600. The Morgan fingerprint density at radius 3 is 2.65 bits per heavy atom. The van der Waals surface area contributed by atoms with E-state index in [4.69, 9.17) is 11.1 Å². The van der Waals surface area contributed by atoms with E-state index in [0.29, 0.717) is 56.0 Å². The Balaban J connectivity index is 1.52. The molecule has 2 aliphatic rings. The molecule has 1 aliphatic heterocycles. The average molecular weight is 317 g/mol. The van der Waals surface area contributed by atoms with Crippen molar-refractivity contribution in [1.29, 1.82) is 5.41 Å². The molecule has 2 heterocycles. The van der Waals surface area contributed by atoms with Crippen LogP contribution in [0.25, 0.3) is 0 Å². The van der Waals surface area contributed by atoms with Gasteiger partial charge in [0.15, 0.2) is 5.82 Å². The molecular formula is C15H23N7O. The Labute approximate surface area is 135 Å². The molecule has 1 aromatic heterocycles. The molecule has 23 heavy (non-hydrogen) atoms. The first-order chi connectivity index (χ1) is 11.0. The Kier molecular flexibility index (Phi) is 4.31. The summed E-state index contributed by atoms with van der Waals surface area (Å²) in [4.78, 5) is 19.3. The molecule has 0 unspecified atom stereocenters. The van der Waals surface area contributed by atoms with Crippen LogP contribution in [0.1, 0.15) is 37.8 Å². The smallest absolute Gasteiger partial charge is 0.219 e. The molecule has 0 spiro atoms. The summed E-state index contributed by atoms with van der Waals surface area (Å²) in [6.45, 7) is 4.21. The Hall–Kier alpha value is -2.38. The van der Waals surface area contributed by atoms with Crippen LogP contribution in [0.2, 0.25) is 0 Å². The average Bonchev–Trinajstić information content (AvgIpc) is 3.27. The van der Waals surface area contributed by atoms with Crippen molar-refractivity contribution >= 4 is 23.4 Å². The van der Waals surface area contributed by atoms with Gasteiger partial charge in [0.25, 0.3) is 0 Å². The number of piperazine rings is 1. The van der Waals surface area contributed by atoms with E-state index in [0.717, 1.165) is 5.69 Å². The number of carbonyl (C=O) groups excluding carboxylic acids is 1. The summed E-state index contributed by atoms with van der Waals surface area (Å²) < 4.78 is 0. The highest BCUT2D eigenvalue weighted by Gasteiger charge is 2.25. The summed E-state index contributed by atoms with van der Waals surface area (Å²) in [5.74, 6) is 2.09. The molecule has 8 heteroatoms. The maximum atomic E-state index is 11.3. The highest BCUT2D eigenvalue weighted by Crippen LogP contribution is 2.39. The zero-order valence-corrected chi connectivity index (χ0v) is 13.4. The highest BCUT2D eigenvalue weighted by atomic mass is 16.2. The van der Waals surface area contributed by atoms with Gasteiger partial charge in [0.05, 0.1) is 6.42 Å². The molecule has 1 saturated carbocycles. The van der Waals surface area contributed by atoms with Crippen molar-refractivity contribution in [3.63, 3.8) is 0 Å². The number of aromatic nitrogens is 2. The summed E-state index contributed by atoms with van der Waals surface area (Å²) in [6.07, 6.45) is 2.71. The fourth-order valence-corrected chi connectivity index (χ4v) is 2.75. The second-order valence-corrected chi connectivity index (χ2v) is 6.18. The van der Waals surface area contributed by atoms with Crippen molar-refractivity contribution in [3.8, 4) is 0 Å². The lowest BCUT2D eigenvalue weighted by molar-refractivity contribution is -0.130. The first-order valence-corrected chi connectivity index (χ1v) is 7.99. The van der Waals surface area contributed by atoms with Gasteiger partial charge < -0.3 is 15.5 Å². The molecule has 8 nitrogen and oxygen atoms in total. The third-order valence-corrected chi connectivity index (χ3v) is 4.31. The lowest BCUT2D eigenvalue weighted by atomic mass is 10.2. The number of hydrogen-bond acceptors (Lipinski definition) is 4. The van der Waals surface area contributed by atoms with Crippen molar-refractivity contribution in [2.24, 2.45) is 10.7 Å². The molecule has 1 amide bonds. The van der Waals surface area contributed by atoms with Gasteiger partial charge in [0, 0.05) is 50.8 Å². The standard InChI is InChI=1S/C15H23N7O/c1-10(23)21-4-6-22(7-5-21)14(17)9-13(16)18-15-8-12(19-20-15)11-2-3-11/h8,11,17H,2-7,9H2,1H3,(H3,16,18,19,20). The number of amides is 1. The van der Waals surface area contributed by atoms with Crippen LogP contribution in [0.15, 0.2) is 11.1 Å². The van der Waals surface area contributed by atoms with Gasteiger partial charge in [0.1, 0.15) is 11.7 Å². The number of carbonyl (C=O) groups is 1. The minimum Gasteiger partial charge on any atom is -0.387 e. The normalized spacial score (nSPS) is 19.1. The first-order valence-electron chi connectivity index (χ1n) is 7.99. The van der Waals surface area contributed by atoms with Gasteiger partial charge >= 0.3 is 0 Å². The van der Waals surface area contributed by atoms with Gasteiger partial charge in [-0.1, -0.05) is 0 Å². The van der Waals surface area contributed by atoms with Crippen LogP contribution in [0.3, 0.4) is 0 Å². The van der Waals surface area contributed by atoms with Crippen molar-refractivity contribution < 1.29 is 4.79 Å². The number of hydrogen-bond donors (Lipinski definition) is 3. The Morgan fingerprint density at radius 2 is 2.04 bits per heavy atom. The molecule has 1 saturated heterocycles. The quantitative estimate of drug-likeness (QED) is 0.563. The molecule has 1 aromatic rings. The van der Waals surface area contributed by atoms with Crippen LogP contribution < -0.4 is 5.73 Å². The minimum atomic E-state index is 0.0854.